The molecule has 1 aliphatic heterocycles. The van der Waals surface area contributed by atoms with E-state index in [-0.39, 0.29) is 44.9 Å². The lowest BCUT2D eigenvalue weighted by atomic mass is 9.93. The summed E-state index contributed by atoms with van der Waals surface area (Å²) in [5.74, 6) is -0.778. The number of sulfone groups is 1. The van der Waals surface area contributed by atoms with Crippen molar-refractivity contribution in [1.29, 1.82) is 0 Å². The maximum absolute atomic E-state index is 15.1. The van der Waals surface area contributed by atoms with Gasteiger partial charge in [0.1, 0.15) is 17.2 Å². The number of oxazole rings is 1. The second kappa shape index (κ2) is 11.0. The Hall–Kier alpha value is -5.13. The molecule has 3 aromatic carbocycles. The number of ether oxygens (including phenoxy) is 2. The van der Waals surface area contributed by atoms with E-state index >= 15 is 4.39 Å². The molecule has 0 amide bonds. The number of alkyl halides is 2. The second-order valence-electron chi connectivity index (χ2n) is 10.7. The number of aliphatic hydroxyl groups excluding tert-OH is 1. The van der Waals surface area contributed by atoms with Crippen molar-refractivity contribution in [2.24, 2.45) is 7.05 Å². The van der Waals surface area contributed by atoms with E-state index in [1.165, 1.54) is 24.3 Å². The Balaban J connectivity index is 1.59. The lowest BCUT2D eigenvalue weighted by Gasteiger charge is -2.14. The van der Waals surface area contributed by atoms with E-state index in [2.05, 4.69) is 24.4 Å². The summed E-state index contributed by atoms with van der Waals surface area (Å²) in [5.41, 5.74) is 3.01. The van der Waals surface area contributed by atoms with Crippen molar-refractivity contribution in [2.45, 2.75) is 37.7 Å². The second-order valence-corrected chi connectivity index (χ2v) is 12.7. The minimum absolute atomic E-state index is 0.149. The summed E-state index contributed by atoms with van der Waals surface area (Å²) < 4.78 is 84.6. The van der Waals surface area contributed by atoms with E-state index in [0.717, 1.165) is 12.3 Å². The fourth-order valence-corrected chi connectivity index (χ4v) is 6.26. The zero-order chi connectivity index (χ0) is 33.1. The summed E-state index contributed by atoms with van der Waals surface area (Å²) in [6.45, 7) is 9.95. The third-order valence-electron chi connectivity index (χ3n) is 7.51. The summed E-state index contributed by atoms with van der Waals surface area (Å²) in [6.07, 6.45) is -2.90. The predicted molar refractivity (Wildman–Crippen MR) is 160 cm³/mol. The van der Waals surface area contributed by atoms with Crippen LogP contribution in [-0.2, 0) is 23.5 Å². The first-order chi connectivity index (χ1) is 21.7. The summed E-state index contributed by atoms with van der Waals surface area (Å²) in [6, 6.07) is 12.9. The molecule has 1 aliphatic rings. The first-order valence-corrected chi connectivity index (χ1v) is 15.6. The van der Waals surface area contributed by atoms with Gasteiger partial charge < -0.3 is 23.8 Å². The highest BCUT2D eigenvalue weighted by atomic mass is 32.2. The molecule has 3 heterocycles. The van der Waals surface area contributed by atoms with Gasteiger partial charge >= 0.3 is 6.29 Å². The first-order valence-electron chi connectivity index (χ1n) is 13.8. The van der Waals surface area contributed by atoms with E-state index in [4.69, 9.17) is 11.0 Å². The van der Waals surface area contributed by atoms with Gasteiger partial charge in [-0.15, -0.1) is 8.78 Å². The molecule has 1 atom stereocenters. The van der Waals surface area contributed by atoms with Crippen LogP contribution in [0.3, 0.4) is 0 Å². The number of hydrogen-bond donors (Lipinski definition) is 1. The van der Waals surface area contributed by atoms with Crippen LogP contribution < -0.4 is 9.47 Å². The molecule has 6 rings (SSSR count). The van der Waals surface area contributed by atoms with Crippen LogP contribution in [-0.4, -0.2) is 40.8 Å². The van der Waals surface area contributed by atoms with E-state index in [9.17, 15) is 22.3 Å². The molecule has 0 saturated carbocycles. The Morgan fingerprint density at radius 2 is 1.74 bits per heavy atom. The molecule has 0 saturated heterocycles. The van der Waals surface area contributed by atoms with Crippen molar-refractivity contribution in [3.8, 4) is 56.5 Å². The Bertz CT molecular complexity index is 2190. The first kappa shape index (κ1) is 30.9. The van der Waals surface area contributed by atoms with Crippen LogP contribution in [0.4, 0.5) is 13.2 Å². The molecule has 46 heavy (non-hydrogen) atoms. The molecule has 0 fully saturated rings. The molecule has 0 radical (unpaired) electrons. The number of fused-ring (bicyclic) bond motifs is 1. The van der Waals surface area contributed by atoms with E-state index in [0.29, 0.717) is 33.6 Å². The molecule has 236 valence electrons. The zero-order valence-electron chi connectivity index (χ0n) is 24.8. The van der Waals surface area contributed by atoms with Crippen molar-refractivity contribution in [3.63, 3.8) is 0 Å². The van der Waals surface area contributed by atoms with Crippen LogP contribution in [0, 0.1) is 19.3 Å². The third kappa shape index (κ3) is 5.48. The van der Waals surface area contributed by atoms with E-state index in [1.807, 2.05) is 0 Å². The van der Waals surface area contributed by atoms with Gasteiger partial charge in [0.15, 0.2) is 33.0 Å². The lowest BCUT2D eigenvalue weighted by molar-refractivity contribution is -0.286. The topological polar surface area (TPSA) is 121 Å². The molecule has 2 aromatic heterocycles. The van der Waals surface area contributed by atoms with Gasteiger partial charge in [0.05, 0.1) is 17.2 Å². The quantitative estimate of drug-likeness (QED) is 0.193. The van der Waals surface area contributed by atoms with Gasteiger partial charge in [0.2, 0.25) is 0 Å². The van der Waals surface area contributed by atoms with Gasteiger partial charge in [-0.2, -0.15) is 5.10 Å². The van der Waals surface area contributed by atoms with Crippen LogP contribution in [0.15, 0.2) is 63.9 Å². The number of aromatic nitrogens is 3. The Labute approximate surface area is 261 Å². The van der Waals surface area contributed by atoms with Crippen LogP contribution >= 0.6 is 0 Å². The molecule has 0 spiro atoms. The van der Waals surface area contributed by atoms with Gasteiger partial charge in [0.25, 0.3) is 6.04 Å². The number of halogens is 3. The third-order valence-corrected chi connectivity index (χ3v) is 8.68. The highest BCUT2D eigenvalue weighted by Crippen LogP contribution is 2.46. The maximum Gasteiger partial charge on any atom is 0.586 e. The van der Waals surface area contributed by atoms with Gasteiger partial charge in [-0.1, -0.05) is 12.1 Å². The van der Waals surface area contributed by atoms with Crippen LogP contribution in [0.25, 0.3) is 49.8 Å². The molecule has 1 unspecified atom stereocenters. The molecule has 10 nitrogen and oxygen atoms in total. The van der Waals surface area contributed by atoms with E-state index in [1.54, 1.807) is 49.8 Å². The highest BCUT2D eigenvalue weighted by molar-refractivity contribution is 7.90. The number of nitrogens with zero attached hydrogens (tertiary/aromatic N) is 4. The number of benzene rings is 3. The summed E-state index contributed by atoms with van der Waals surface area (Å²) >= 11 is 0. The lowest BCUT2D eigenvalue weighted by Crippen LogP contribution is -2.25. The van der Waals surface area contributed by atoms with Gasteiger partial charge in [0, 0.05) is 49.4 Å². The van der Waals surface area contributed by atoms with Crippen LogP contribution in [0.5, 0.6) is 11.5 Å². The van der Waals surface area contributed by atoms with Gasteiger partial charge in [-0.25, -0.2) is 24.4 Å². The average Bonchev–Trinajstić information content (AvgIpc) is 3.67. The zero-order valence-corrected chi connectivity index (χ0v) is 25.6. The van der Waals surface area contributed by atoms with Gasteiger partial charge in [-0.3, -0.25) is 4.68 Å². The van der Waals surface area contributed by atoms with Crippen molar-refractivity contribution >= 4 is 9.84 Å². The highest BCUT2D eigenvalue weighted by Gasteiger charge is 2.43. The molecule has 1 N–H and O–H groups in total. The summed E-state index contributed by atoms with van der Waals surface area (Å²) in [4.78, 5) is 7.73. The van der Waals surface area contributed by atoms with Crippen molar-refractivity contribution in [3.05, 3.63) is 89.0 Å². The van der Waals surface area contributed by atoms with Crippen LogP contribution in [0.1, 0.15) is 30.1 Å². The molecule has 5 aromatic rings. The summed E-state index contributed by atoms with van der Waals surface area (Å²) in [5, 5.41) is 14.2. The van der Waals surface area contributed by atoms with Crippen molar-refractivity contribution < 1.29 is 40.6 Å². The van der Waals surface area contributed by atoms with E-state index < -0.39 is 34.6 Å². The number of hydrogen-bond acceptors (Lipinski definition) is 8. The number of aryl methyl sites for hydroxylation is 2. The van der Waals surface area contributed by atoms with Crippen molar-refractivity contribution in [2.75, 3.05) is 6.26 Å². The molecule has 14 heteroatoms. The van der Waals surface area contributed by atoms with Crippen LogP contribution in [0.2, 0.25) is 0 Å². The normalized spacial score (nSPS) is 14.3. The molecular weight excluding hydrogens is 625 g/mol. The Morgan fingerprint density at radius 1 is 1.02 bits per heavy atom. The maximum atomic E-state index is 15.1. The number of aliphatic hydroxyl groups is 1. The molecule has 0 aliphatic carbocycles. The average molecular weight is 651 g/mol. The fourth-order valence-electron chi connectivity index (χ4n) is 5.31. The largest absolute Gasteiger partial charge is 0.586 e. The van der Waals surface area contributed by atoms with Crippen molar-refractivity contribution in [1.82, 2.24) is 14.8 Å². The Kier molecular flexibility index (Phi) is 7.41. The summed E-state index contributed by atoms with van der Waals surface area (Å²) in [7, 11) is -2.21. The standard InChI is InChI=1S/C32H25F3N4O6S/c1-16(36-3)25-14-26(39(4)38-25)21-8-6-18(20-11-24(33)23(15-40)29(13-20)46(5,41)42)10-22(21)31-30(37-17(2)43-31)19-7-9-27-28(12-19)45-32(34,35)44-27/h6-14,16,40H,15H2,1-2,4-5H3. The minimum Gasteiger partial charge on any atom is -0.440 e. The predicted octanol–water partition coefficient (Wildman–Crippen LogP) is 6.72. The molecular formula is C32H25F3N4O6S. The van der Waals surface area contributed by atoms with Gasteiger partial charge in [-0.05, 0) is 53.6 Å². The SMILES string of the molecule is [C-]#[N+]C(C)c1cc(-c2ccc(-c3cc(F)c(CO)c(S(C)(=O)=O)c3)cc2-c2oc(C)nc2-c2ccc3c(c2)OC(F)(F)O3)n(C)n1. The molecule has 0 bridgehead atoms. The minimum atomic E-state index is -3.92. The fraction of sp³-hybridized carbons (Fsp3) is 0.219. The number of rotatable bonds is 7. The Morgan fingerprint density at radius 3 is 2.43 bits per heavy atom. The monoisotopic (exact) mass is 650 g/mol. The smallest absolute Gasteiger partial charge is 0.440 e.